The van der Waals surface area contributed by atoms with Gasteiger partial charge in [0, 0.05) is 0 Å². The molecule has 2 aromatic heterocycles. The van der Waals surface area contributed by atoms with Gasteiger partial charge in [0.05, 0.1) is 51.1 Å². The molecule has 224 valence electrons. The molecule has 1 N–H and O–H groups in total. The largest absolute Gasteiger partial charge is 0.503 e. The number of ketones is 1. The van der Waals surface area contributed by atoms with Crippen LogP contribution in [0.2, 0.25) is 0 Å². The van der Waals surface area contributed by atoms with Gasteiger partial charge < -0.3 is 19.3 Å². The van der Waals surface area contributed by atoms with Crippen molar-refractivity contribution in [2.45, 2.75) is 33.4 Å². The van der Waals surface area contributed by atoms with E-state index in [9.17, 15) is 14.7 Å². The molecule has 0 bridgehead atoms. The molecule has 9 nitrogen and oxygen atoms in total. The molecule has 1 aliphatic rings. The highest BCUT2D eigenvalue weighted by molar-refractivity contribution is 7.22. The number of rotatable bonds is 10. The predicted molar refractivity (Wildman–Crippen MR) is 170 cm³/mol. The first-order valence-electron chi connectivity index (χ1n) is 13.9. The van der Waals surface area contributed by atoms with E-state index in [1.165, 1.54) is 34.7 Å². The fourth-order valence-corrected chi connectivity index (χ4v) is 7.07. The smallest absolute Gasteiger partial charge is 0.296 e. The van der Waals surface area contributed by atoms with Gasteiger partial charge in [-0.3, -0.25) is 14.5 Å². The van der Waals surface area contributed by atoms with Crippen molar-refractivity contribution >= 4 is 49.7 Å². The SMILES string of the molecule is CCOc1ccc2nc(N3C(=O)C(O)=C(C(=O)c4sc(C)nc4C)C3c3ccc(OCc4ccccc4)c(OC)c3)sc2c1. The lowest BCUT2D eigenvalue weighted by atomic mass is 9.95. The number of anilines is 1. The number of thiazole rings is 2. The lowest BCUT2D eigenvalue weighted by Gasteiger charge is -2.25. The van der Waals surface area contributed by atoms with Crippen LogP contribution in [-0.4, -0.2) is 40.5 Å². The maximum atomic E-state index is 14.1. The van der Waals surface area contributed by atoms with E-state index in [4.69, 9.17) is 19.2 Å². The third-order valence-electron chi connectivity index (χ3n) is 7.17. The molecule has 0 fully saturated rings. The van der Waals surface area contributed by atoms with Crippen LogP contribution >= 0.6 is 22.7 Å². The Morgan fingerprint density at radius 1 is 0.977 bits per heavy atom. The van der Waals surface area contributed by atoms with Gasteiger partial charge in [-0.25, -0.2) is 9.97 Å². The van der Waals surface area contributed by atoms with Crippen LogP contribution in [0.25, 0.3) is 10.2 Å². The van der Waals surface area contributed by atoms with Crippen molar-refractivity contribution in [1.29, 1.82) is 0 Å². The summed E-state index contributed by atoms with van der Waals surface area (Å²) in [6.45, 7) is 6.29. The van der Waals surface area contributed by atoms with E-state index in [2.05, 4.69) is 4.98 Å². The fourth-order valence-electron chi connectivity index (χ4n) is 5.18. The molecule has 11 heteroatoms. The minimum atomic E-state index is -0.985. The number of carbonyl (C=O) groups excluding carboxylic acids is 2. The van der Waals surface area contributed by atoms with E-state index in [1.807, 2.05) is 62.4 Å². The lowest BCUT2D eigenvalue weighted by molar-refractivity contribution is -0.117. The van der Waals surface area contributed by atoms with Crippen molar-refractivity contribution in [2.24, 2.45) is 0 Å². The summed E-state index contributed by atoms with van der Waals surface area (Å²) in [6, 6.07) is 19.5. The van der Waals surface area contributed by atoms with Gasteiger partial charge in [-0.1, -0.05) is 47.7 Å². The Morgan fingerprint density at radius 3 is 2.48 bits per heavy atom. The number of aliphatic hydroxyl groups excluding tert-OH is 1. The highest BCUT2D eigenvalue weighted by atomic mass is 32.1. The number of hydrogen-bond donors (Lipinski definition) is 1. The van der Waals surface area contributed by atoms with Crippen molar-refractivity contribution < 1.29 is 28.9 Å². The van der Waals surface area contributed by atoms with E-state index in [-0.39, 0.29) is 5.57 Å². The molecule has 0 aliphatic carbocycles. The van der Waals surface area contributed by atoms with E-state index in [0.717, 1.165) is 10.3 Å². The molecule has 1 amide bonds. The highest BCUT2D eigenvalue weighted by Gasteiger charge is 2.46. The summed E-state index contributed by atoms with van der Waals surface area (Å²) in [5, 5.41) is 12.3. The van der Waals surface area contributed by atoms with E-state index in [1.54, 1.807) is 25.1 Å². The Kier molecular flexibility index (Phi) is 8.07. The van der Waals surface area contributed by atoms with Crippen molar-refractivity contribution in [3.63, 3.8) is 0 Å². The van der Waals surface area contributed by atoms with E-state index in [0.29, 0.717) is 62.3 Å². The maximum Gasteiger partial charge on any atom is 0.296 e. The zero-order chi connectivity index (χ0) is 31.0. The van der Waals surface area contributed by atoms with Crippen LogP contribution in [0, 0.1) is 13.8 Å². The third-order valence-corrected chi connectivity index (χ3v) is 9.26. The van der Waals surface area contributed by atoms with Crippen LogP contribution in [0.3, 0.4) is 0 Å². The van der Waals surface area contributed by atoms with Crippen molar-refractivity contribution in [3.8, 4) is 17.2 Å². The fraction of sp³-hybridized carbons (Fsp3) is 0.212. The van der Waals surface area contributed by atoms with Crippen molar-refractivity contribution in [1.82, 2.24) is 9.97 Å². The van der Waals surface area contributed by atoms with Crippen molar-refractivity contribution in [3.05, 3.63) is 105 Å². The number of fused-ring (bicyclic) bond motifs is 1. The Balaban J connectivity index is 1.44. The Bertz CT molecular complexity index is 1910. The van der Waals surface area contributed by atoms with Gasteiger partial charge >= 0.3 is 0 Å². The summed E-state index contributed by atoms with van der Waals surface area (Å²) < 4.78 is 18.2. The zero-order valence-corrected chi connectivity index (χ0v) is 26.1. The second-order valence-corrected chi connectivity index (χ2v) is 12.3. The molecule has 44 heavy (non-hydrogen) atoms. The van der Waals surface area contributed by atoms with E-state index < -0.39 is 23.5 Å². The number of Topliss-reactive ketones (excluding diaryl/α,β-unsaturated/α-hetero) is 1. The molecule has 3 heterocycles. The summed E-state index contributed by atoms with van der Waals surface area (Å²) >= 11 is 2.50. The van der Waals surface area contributed by atoms with Crippen LogP contribution in [0.5, 0.6) is 17.2 Å². The van der Waals surface area contributed by atoms with Crippen molar-refractivity contribution in [2.75, 3.05) is 18.6 Å². The highest BCUT2D eigenvalue weighted by Crippen LogP contribution is 2.46. The summed E-state index contributed by atoms with van der Waals surface area (Å²) in [6.07, 6.45) is 0. The number of aliphatic hydroxyl groups is 1. The molecule has 1 unspecified atom stereocenters. The van der Waals surface area contributed by atoms with Gasteiger partial charge in [-0.05, 0) is 62.2 Å². The molecule has 3 aromatic carbocycles. The number of carbonyl (C=O) groups is 2. The van der Waals surface area contributed by atoms with Gasteiger partial charge in [0.25, 0.3) is 5.91 Å². The minimum Gasteiger partial charge on any atom is -0.503 e. The van der Waals surface area contributed by atoms with Crippen LogP contribution in [0.4, 0.5) is 5.13 Å². The summed E-state index contributed by atoms with van der Waals surface area (Å²) in [7, 11) is 1.53. The monoisotopic (exact) mass is 627 g/mol. The van der Waals surface area contributed by atoms with Crippen LogP contribution < -0.4 is 19.1 Å². The number of methoxy groups -OCH3 is 1. The number of nitrogens with zero attached hydrogens (tertiary/aromatic N) is 3. The molecule has 5 aromatic rings. The molecule has 0 saturated heterocycles. The van der Waals surface area contributed by atoms with Gasteiger partial charge in [-0.15, -0.1) is 11.3 Å². The van der Waals surface area contributed by atoms with Gasteiger partial charge in [0.15, 0.2) is 22.4 Å². The molecule has 6 rings (SSSR count). The Labute approximate surface area is 262 Å². The Hall–Kier alpha value is -4.74. The quantitative estimate of drug-likeness (QED) is 0.163. The first kappa shape index (κ1) is 29.3. The standard InChI is InChI=1S/C33H29N3O6S2/c1-5-41-22-12-13-23-26(16-22)44-33(35-23)36-28(27(30(38)32(36)39)29(37)31-18(2)34-19(3)43-31)21-11-14-24(25(15-21)40-4)42-17-20-9-7-6-8-10-20/h6-16,28,38H,5,17H2,1-4H3. The second-order valence-electron chi connectivity index (χ2n) is 10.1. The number of aromatic nitrogens is 2. The van der Waals surface area contributed by atoms with Crippen LogP contribution in [-0.2, 0) is 11.4 Å². The third kappa shape index (κ3) is 5.40. The topological polar surface area (TPSA) is 111 Å². The Morgan fingerprint density at radius 2 is 1.77 bits per heavy atom. The summed E-state index contributed by atoms with van der Waals surface area (Å²) in [5.74, 6) is -0.209. The average molecular weight is 628 g/mol. The predicted octanol–water partition coefficient (Wildman–Crippen LogP) is 7.14. The molecule has 1 atom stereocenters. The summed E-state index contributed by atoms with van der Waals surface area (Å²) in [5.41, 5.74) is 2.69. The summed E-state index contributed by atoms with van der Waals surface area (Å²) in [4.78, 5) is 38.7. The number of amides is 1. The minimum absolute atomic E-state index is 0.0454. The second kappa shape index (κ2) is 12.1. The molecular weight excluding hydrogens is 599 g/mol. The molecule has 0 saturated carbocycles. The van der Waals surface area contributed by atoms with E-state index >= 15 is 0 Å². The molecule has 0 spiro atoms. The maximum absolute atomic E-state index is 14.1. The number of benzene rings is 3. The number of hydrogen-bond acceptors (Lipinski definition) is 10. The molecular formula is C33H29N3O6S2. The van der Waals surface area contributed by atoms with Gasteiger partial charge in [0.2, 0.25) is 5.78 Å². The zero-order valence-electron chi connectivity index (χ0n) is 24.5. The van der Waals surface area contributed by atoms with Crippen LogP contribution in [0.15, 0.2) is 78.1 Å². The van der Waals surface area contributed by atoms with Gasteiger partial charge in [-0.2, -0.15) is 0 Å². The van der Waals surface area contributed by atoms with Gasteiger partial charge in [0.1, 0.15) is 12.4 Å². The average Bonchev–Trinajstić information content (AvgIpc) is 3.68. The first-order chi connectivity index (χ1) is 21.3. The lowest BCUT2D eigenvalue weighted by Crippen LogP contribution is -2.31. The molecule has 0 radical (unpaired) electrons. The van der Waals surface area contributed by atoms with Crippen LogP contribution in [0.1, 0.15) is 44.5 Å². The molecule has 1 aliphatic heterocycles. The normalized spacial score (nSPS) is 14.9. The number of ether oxygens (including phenoxy) is 3. The number of aryl methyl sites for hydroxylation is 2. The first-order valence-corrected chi connectivity index (χ1v) is 15.6.